The fourth-order valence-electron chi connectivity index (χ4n) is 7.02. The molecule has 0 aliphatic carbocycles. The Kier molecular flexibility index (Phi) is 9.89. The molecule has 5 atom stereocenters. The molecule has 0 spiro atoms. The predicted molar refractivity (Wildman–Crippen MR) is 156 cm³/mol. The van der Waals surface area contributed by atoms with Crippen molar-refractivity contribution < 1.29 is 31.8 Å². The van der Waals surface area contributed by atoms with Crippen molar-refractivity contribution in [1.29, 1.82) is 0 Å². The molecule has 0 radical (unpaired) electrons. The molecular weight excluding hydrogens is 590 g/mol. The maximum atomic E-state index is 13.8. The summed E-state index contributed by atoms with van der Waals surface area (Å²) in [4.78, 5) is 13.5. The lowest BCUT2D eigenvalue weighted by Crippen LogP contribution is -2.42. The Morgan fingerprint density at radius 2 is 1.93 bits per heavy atom. The van der Waals surface area contributed by atoms with Crippen LogP contribution in [0.2, 0.25) is 5.02 Å². The van der Waals surface area contributed by atoms with Gasteiger partial charge in [0, 0.05) is 56.4 Å². The van der Waals surface area contributed by atoms with Crippen LogP contribution in [0.15, 0.2) is 12.1 Å². The first-order chi connectivity index (χ1) is 20.5. The Morgan fingerprint density at radius 1 is 1.14 bits per heavy atom. The highest BCUT2D eigenvalue weighted by atomic mass is 35.5. The van der Waals surface area contributed by atoms with Crippen LogP contribution in [0.5, 0.6) is 6.01 Å². The molecule has 0 bridgehead atoms. The van der Waals surface area contributed by atoms with Gasteiger partial charge in [-0.05, 0) is 55.8 Å². The molecule has 1 aromatic heterocycles. The van der Waals surface area contributed by atoms with Crippen LogP contribution in [-0.4, -0.2) is 74.1 Å². The Hall–Kier alpha value is -2.41. The van der Waals surface area contributed by atoms with Crippen LogP contribution in [-0.2, 0) is 28.7 Å². The molecule has 3 fully saturated rings. The number of nitrogens with two attached hydrogens (primary N) is 1. The average molecular weight is 630 g/mol. The molecule has 4 aliphatic heterocycles. The van der Waals surface area contributed by atoms with Crippen LogP contribution in [0.3, 0.4) is 0 Å². The van der Waals surface area contributed by atoms with Crippen molar-refractivity contribution in [2.24, 2.45) is 11.8 Å². The molecule has 2 aromatic rings. The number of alkyl halides is 4. The molecule has 0 saturated carbocycles. The summed E-state index contributed by atoms with van der Waals surface area (Å²) in [6.07, 6.45) is -1.61. The number of hydrogen-bond acceptors (Lipinski definition) is 8. The summed E-state index contributed by atoms with van der Waals surface area (Å²) < 4.78 is 70.7. The molecule has 2 N–H and O–H groups in total. The van der Waals surface area contributed by atoms with E-state index in [0.29, 0.717) is 42.5 Å². The summed E-state index contributed by atoms with van der Waals surface area (Å²) in [5, 5.41) is -0.454. The standard InChI is InChI=1S/C23H28ClF3N4O3.C7H12FN/c1-12-4-13(10-32-2)9-31(8-12)21-16-11-34-19(7-18(16)29-22(30-21)33-3)15-5-14(28)6-17(24)20(15)23(25,26)27;8-6-4-7-2-1-3-9(7)5-6/h5-6,12-13,19H,4,7-11,28H2,1-3H3;6-7H,1-5H2. The quantitative estimate of drug-likeness (QED) is 0.326. The molecule has 5 heterocycles. The van der Waals surface area contributed by atoms with E-state index in [2.05, 4.69) is 26.7 Å². The summed E-state index contributed by atoms with van der Waals surface area (Å²) in [5.41, 5.74) is 6.26. The van der Waals surface area contributed by atoms with Crippen LogP contribution in [0.4, 0.5) is 29.1 Å². The summed E-state index contributed by atoms with van der Waals surface area (Å²) >= 11 is 5.95. The summed E-state index contributed by atoms with van der Waals surface area (Å²) in [7, 11) is 3.15. The van der Waals surface area contributed by atoms with Crippen molar-refractivity contribution in [3.05, 3.63) is 39.5 Å². The summed E-state index contributed by atoms with van der Waals surface area (Å²) in [5.74, 6) is 1.45. The van der Waals surface area contributed by atoms with E-state index >= 15 is 0 Å². The topological polar surface area (TPSA) is 86.0 Å². The zero-order valence-corrected chi connectivity index (χ0v) is 25.6. The van der Waals surface area contributed by atoms with Crippen LogP contribution in [0, 0.1) is 11.8 Å². The van der Waals surface area contributed by atoms with Gasteiger partial charge in [0.2, 0.25) is 0 Å². The molecular formula is C30H40ClF4N5O3. The Morgan fingerprint density at radius 3 is 2.63 bits per heavy atom. The number of rotatable bonds is 5. The Labute approximate surface area is 254 Å². The van der Waals surface area contributed by atoms with E-state index in [1.54, 1.807) is 7.11 Å². The Bertz CT molecular complexity index is 1270. The summed E-state index contributed by atoms with van der Waals surface area (Å²) in [6.45, 7) is 6.27. The van der Waals surface area contributed by atoms with Crippen molar-refractivity contribution in [1.82, 2.24) is 14.9 Å². The second-order valence-corrected chi connectivity index (χ2v) is 12.5. The third-order valence-corrected chi connectivity index (χ3v) is 9.02. The van der Waals surface area contributed by atoms with Crippen molar-refractivity contribution in [2.45, 2.75) is 70.1 Å². The zero-order valence-electron chi connectivity index (χ0n) is 24.8. The highest BCUT2D eigenvalue weighted by Crippen LogP contribution is 2.44. The number of fused-ring (bicyclic) bond motifs is 2. The van der Waals surface area contributed by atoms with E-state index in [-0.39, 0.29) is 30.3 Å². The molecule has 43 heavy (non-hydrogen) atoms. The van der Waals surface area contributed by atoms with Gasteiger partial charge < -0.3 is 24.8 Å². The zero-order chi connectivity index (χ0) is 30.9. The lowest BCUT2D eigenvalue weighted by Gasteiger charge is -2.39. The number of aromatic nitrogens is 2. The largest absolute Gasteiger partial charge is 0.467 e. The number of nitrogens with zero attached hydrogens (tertiary/aromatic N) is 4. The van der Waals surface area contributed by atoms with E-state index in [9.17, 15) is 17.6 Å². The van der Waals surface area contributed by atoms with Gasteiger partial charge in [0.25, 0.3) is 0 Å². The van der Waals surface area contributed by atoms with E-state index in [4.69, 9.17) is 31.5 Å². The van der Waals surface area contributed by atoms with Gasteiger partial charge in [-0.3, -0.25) is 4.90 Å². The molecule has 13 heteroatoms. The highest BCUT2D eigenvalue weighted by molar-refractivity contribution is 6.31. The van der Waals surface area contributed by atoms with Crippen molar-refractivity contribution >= 4 is 23.1 Å². The SMILES string of the molecule is COCC1CC(C)CN(c2nc(OC)nc3c2COC(c2cc(N)cc(Cl)c2C(F)(F)F)C3)C1.FC1CC2CCCN2C1. The molecule has 3 saturated heterocycles. The first kappa shape index (κ1) is 32.0. The Balaban J connectivity index is 0.000000345. The van der Waals surface area contributed by atoms with Crippen LogP contribution in [0.25, 0.3) is 0 Å². The van der Waals surface area contributed by atoms with Gasteiger partial charge in [-0.2, -0.15) is 23.1 Å². The lowest BCUT2D eigenvalue weighted by molar-refractivity contribution is -0.139. The fourth-order valence-corrected chi connectivity index (χ4v) is 7.36. The molecule has 238 valence electrons. The van der Waals surface area contributed by atoms with Gasteiger partial charge in [-0.15, -0.1) is 0 Å². The molecule has 6 rings (SSSR count). The number of ether oxygens (including phenoxy) is 3. The van der Waals surface area contributed by atoms with E-state index < -0.39 is 29.0 Å². The van der Waals surface area contributed by atoms with Gasteiger partial charge in [-0.25, -0.2) is 4.39 Å². The van der Waals surface area contributed by atoms with Gasteiger partial charge in [-0.1, -0.05) is 18.5 Å². The third-order valence-electron chi connectivity index (χ3n) is 8.72. The molecule has 1 aromatic carbocycles. The number of anilines is 2. The van der Waals surface area contributed by atoms with Crippen molar-refractivity contribution in [3.63, 3.8) is 0 Å². The number of halogens is 5. The predicted octanol–water partition coefficient (Wildman–Crippen LogP) is 5.86. The minimum Gasteiger partial charge on any atom is -0.467 e. The van der Waals surface area contributed by atoms with Crippen LogP contribution < -0.4 is 15.4 Å². The number of hydrogen-bond donors (Lipinski definition) is 1. The minimum absolute atomic E-state index is 0.0584. The smallest absolute Gasteiger partial charge is 0.418 e. The maximum Gasteiger partial charge on any atom is 0.418 e. The summed E-state index contributed by atoms with van der Waals surface area (Å²) in [6, 6.07) is 3.14. The van der Waals surface area contributed by atoms with E-state index in [1.807, 2.05) is 0 Å². The van der Waals surface area contributed by atoms with Crippen LogP contribution >= 0.6 is 11.6 Å². The normalized spacial score (nSPS) is 27.3. The minimum atomic E-state index is -4.65. The number of methoxy groups -OCH3 is 2. The van der Waals surface area contributed by atoms with Gasteiger partial charge >= 0.3 is 12.2 Å². The van der Waals surface area contributed by atoms with Crippen molar-refractivity contribution in [2.75, 3.05) is 57.6 Å². The monoisotopic (exact) mass is 629 g/mol. The van der Waals surface area contributed by atoms with E-state index in [1.165, 1.54) is 26.0 Å². The second kappa shape index (κ2) is 13.3. The molecule has 8 nitrogen and oxygen atoms in total. The second-order valence-electron chi connectivity index (χ2n) is 12.1. The van der Waals surface area contributed by atoms with Crippen molar-refractivity contribution in [3.8, 4) is 6.01 Å². The number of nitrogen functional groups attached to an aromatic ring is 1. The number of piperidine rings is 1. The highest BCUT2D eigenvalue weighted by Gasteiger charge is 2.40. The third kappa shape index (κ3) is 7.29. The molecule has 0 amide bonds. The van der Waals surface area contributed by atoms with E-state index in [0.717, 1.165) is 44.1 Å². The molecule has 5 unspecified atom stereocenters. The lowest BCUT2D eigenvalue weighted by atomic mass is 9.90. The number of benzene rings is 1. The van der Waals surface area contributed by atoms with Gasteiger partial charge in [0.05, 0.1) is 42.7 Å². The van der Waals surface area contributed by atoms with Crippen LogP contribution in [0.1, 0.15) is 61.1 Å². The maximum absolute atomic E-state index is 13.8. The van der Waals surface area contributed by atoms with Gasteiger partial charge in [0.1, 0.15) is 12.0 Å². The average Bonchev–Trinajstić information content (AvgIpc) is 3.52. The molecule has 4 aliphatic rings. The first-order valence-corrected chi connectivity index (χ1v) is 15.2. The fraction of sp³-hybridized carbons (Fsp3) is 0.667. The van der Waals surface area contributed by atoms with Gasteiger partial charge in [0.15, 0.2) is 0 Å². The first-order valence-electron chi connectivity index (χ1n) is 14.8.